The van der Waals surface area contributed by atoms with Crippen molar-refractivity contribution < 1.29 is 19.1 Å². The van der Waals surface area contributed by atoms with Crippen LogP contribution in [0.2, 0.25) is 5.02 Å². The van der Waals surface area contributed by atoms with Gasteiger partial charge in [-0.15, -0.1) is 0 Å². The van der Waals surface area contributed by atoms with E-state index in [9.17, 15) is 19.2 Å². The Morgan fingerprint density at radius 2 is 1.67 bits per heavy atom. The number of nitrogens with zero attached hydrogens (tertiary/aromatic N) is 1. The van der Waals surface area contributed by atoms with Crippen LogP contribution in [0.1, 0.15) is 16.4 Å². The van der Waals surface area contributed by atoms with Gasteiger partial charge in [-0.1, -0.05) is 83.2 Å². The van der Waals surface area contributed by atoms with Gasteiger partial charge in [0.25, 0.3) is 5.91 Å². The number of nitrogens with one attached hydrogen (secondary N) is 2. The lowest BCUT2D eigenvalue weighted by Crippen LogP contribution is -2.32. The number of aromatic amines is 1. The summed E-state index contributed by atoms with van der Waals surface area (Å²) in [6.45, 7) is -0.309. The Morgan fingerprint density at radius 1 is 0.907 bits per heavy atom. The van der Waals surface area contributed by atoms with E-state index in [-0.39, 0.29) is 29.2 Å². The van der Waals surface area contributed by atoms with Gasteiger partial charge in [-0.25, -0.2) is 4.90 Å². The lowest BCUT2D eigenvalue weighted by atomic mass is 9.82. The predicted octanol–water partition coefficient (Wildman–Crippen LogP) is 6.06. The number of amides is 3. The van der Waals surface area contributed by atoms with E-state index in [1.807, 2.05) is 48.5 Å². The maximum atomic E-state index is 14.0. The minimum Gasteiger partial charge on any atom is -0.483 e. The van der Waals surface area contributed by atoms with Crippen LogP contribution in [0.3, 0.4) is 0 Å². The van der Waals surface area contributed by atoms with E-state index in [0.29, 0.717) is 37.6 Å². The molecule has 0 bridgehead atoms. The molecule has 1 saturated heterocycles. The quantitative estimate of drug-likeness (QED) is 0.222. The molecule has 43 heavy (non-hydrogen) atoms. The van der Waals surface area contributed by atoms with Crippen molar-refractivity contribution in [3.8, 4) is 5.75 Å². The largest absolute Gasteiger partial charge is 0.483 e. The first-order valence-electron chi connectivity index (χ1n) is 13.4. The second kappa shape index (κ2) is 11.0. The van der Waals surface area contributed by atoms with E-state index in [0.717, 1.165) is 22.1 Å². The molecular weight excluding hydrogens is 606 g/mol. The fourth-order valence-electron chi connectivity index (χ4n) is 5.68. The summed E-state index contributed by atoms with van der Waals surface area (Å²) in [6.07, 6.45) is 0. The van der Waals surface area contributed by atoms with Crippen LogP contribution in [-0.4, -0.2) is 34.6 Å². The molecule has 0 saturated carbocycles. The average Bonchev–Trinajstić information content (AvgIpc) is 3.50. The van der Waals surface area contributed by atoms with Gasteiger partial charge in [-0.3, -0.25) is 19.2 Å². The van der Waals surface area contributed by atoms with Gasteiger partial charge in [0.1, 0.15) is 11.0 Å². The molecule has 4 aromatic carbocycles. The van der Waals surface area contributed by atoms with Crippen LogP contribution < -0.4 is 19.8 Å². The third-order valence-corrected chi connectivity index (χ3v) is 10.2. The zero-order valence-corrected chi connectivity index (χ0v) is 24.7. The van der Waals surface area contributed by atoms with Gasteiger partial charge in [-0.05, 0) is 53.2 Å². The van der Waals surface area contributed by atoms with Gasteiger partial charge in [0.05, 0.1) is 16.6 Å². The Bertz CT molecular complexity index is 1980. The Kier molecular flexibility index (Phi) is 7.04. The molecule has 11 heteroatoms. The van der Waals surface area contributed by atoms with Gasteiger partial charge in [0, 0.05) is 27.1 Å². The molecule has 3 amide bonds. The number of hydrogen-bond donors (Lipinski definition) is 2. The monoisotopic (exact) mass is 627 g/mol. The number of aromatic nitrogens is 1. The molecule has 5 aromatic rings. The molecule has 8 nitrogen and oxygen atoms in total. The number of thiazole rings is 1. The number of ether oxygens (including phenoxy) is 1. The number of imide groups is 1. The fourth-order valence-corrected chi connectivity index (χ4v) is 8.37. The molecule has 1 fully saturated rings. The molecule has 214 valence electrons. The fraction of sp³-hybridized carbons (Fsp3) is 0.125. The molecule has 0 radical (unpaired) electrons. The van der Waals surface area contributed by atoms with Crippen LogP contribution >= 0.6 is 34.7 Å². The number of rotatable bonds is 6. The van der Waals surface area contributed by atoms with Crippen LogP contribution in [0.4, 0.5) is 11.4 Å². The van der Waals surface area contributed by atoms with Gasteiger partial charge in [-0.2, -0.15) is 0 Å². The maximum absolute atomic E-state index is 14.0. The minimum atomic E-state index is -0.816. The summed E-state index contributed by atoms with van der Waals surface area (Å²) in [7, 11) is 0. The molecule has 3 heterocycles. The number of carbonyl (C=O) groups excluding carboxylic acids is 3. The van der Waals surface area contributed by atoms with Crippen LogP contribution in [0.25, 0.3) is 10.8 Å². The summed E-state index contributed by atoms with van der Waals surface area (Å²) in [5.41, 5.74) is 1.64. The van der Waals surface area contributed by atoms with E-state index >= 15 is 0 Å². The van der Waals surface area contributed by atoms with E-state index in [4.69, 9.17) is 16.3 Å². The van der Waals surface area contributed by atoms with Crippen molar-refractivity contribution in [1.82, 2.24) is 4.98 Å². The van der Waals surface area contributed by atoms with Gasteiger partial charge in [0.15, 0.2) is 6.61 Å². The summed E-state index contributed by atoms with van der Waals surface area (Å²) >= 11 is 8.63. The highest BCUT2D eigenvalue weighted by Gasteiger charge is 2.56. The number of para-hydroxylation sites is 1. The van der Waals surface area contributed by atoms with E-state index in [1.54, 1.807) is 42.5 Å². The molecule has 2 aliphatic heterocycles. The molecule has 2 N–H and O–H groups in total. The summed E-state index contributed by atoms with van der Waals surface area (Å²) < 4.78 is 6.04. The van der Waals surface area contributed by atoms with Crippen molar-refractivity contribution in [2.75, 3.05) is 16.8 Å². The van der Waals surface area contributed by atoms with E-state index < -0.39 is 17.1 Å². The second-order valence-corrected chi connectivity index (χ2v) is 12.8. The van der Waals surface area contributed by atoms with E-state index in [1.165, 1.54) is 16.7 Å². The number of benzene rings is 4. The van der Waals surface area contributed by atoms with Crippen molar-refractivity contribution in [3.05, 3.63) is 116 Å². The lowest BCUT2D eigenvalue weighted by molar-refractivity contribution is -0.122. The molecule has 2 aliphatic rings. The highest BCUT2D eigenvalue weighted by atomic mass is 35.5. The SMILES string of the molecule is O=C(COc1ccc(Cl)cc1[C@@H]1c2sc(=O)[nH]c2S[C@H]2C(=O)N(c3ccccc3)C(=O)[C@@H]12)Nc1ccc2ccccc2c1. The number of anilines is 2. The molecule has 3 atom stereocenters. The van der Waals surface area contributed by atoms with Crippen molar-refractivity contribution in [2.45, 2.75) is 16.2 Å². The standard InChI is InChI=1S/C32H22ClN3O5S2/c33-19-11-13-23(41-16-24(37)34-20-12-10-17-6-4-5-7-18(17)14-20)22(15-19)25-26-28(42-29-27(25)43-32(40)35-29)31(39)36(30(26)38)21-8-2-1-3-9-21/h1-15,25-26,28H,16H2,(H,34,37)(H,35,40)/t25-,26-,28+/m0/s1. The third-order valence-electron chi connectivity index (χ3n) is 7.54. The average molecular weight is 628 g/mol. The van der Waals surface area contributed by atoms with E-state index in [2.05, 4.69) is 10.3 Å². The van der Waals surface area contributed by atoms with Crippen LogP contribution in [0.15, 0.2) is 101 Å². The van der Waals surface area contributed by atoms with Gasteiger partial charge < -0.3 is 15.0 Å². The molecule has 7 rings (SSSR count). The summed E-state index contributed by atoms with van der Waals surface area (Å²) in [5, 5.41) is 5.08. The maximum Gasteiger partial charge on any atom is 0.305 e. The summed E-state index contributed by atoms with van der Waals surface area (Å²) in [4.78, 5) is 57.4. The summed E-state index contributed by atoms with van der Waals surface area (Å²) in [5.74, 6) is -2.28. The number of thioether (sulfide) groups is 1. The zero-order valence-electron chi connectivity index (χ0n) is 22.3. The minimum absolute atomic E-state index is 0.290. The molecule has 0 spiro atoms. The number of carbonyl (C=O) groups is 3. The molecule has 1 aromatic heterocycles. The highest BCUT2D eigenvalue weighted by molar-refractivity contribution is 8.00. The lowest BCUT2D eigenvalue weighted by Gasteiger charge is -2.31. The Balaban J connectivity index is 1.21. The molecule has 0 aliphatic carbocycles. The highest BCUT2D eigenvalue weighted by Crippen LogP contribution is 2.54. The molecule has 0 unspecified atom stereocenters. The number of H-pyrrole nitrogens is 1. The first-order valence-corrected chi connectivity index (χ1v) is 15.5. The van der Waals surface area contributed by atoms with Crippen molar-refractivity contribution >= 4 is 74.6 Å². The van der Waals surface area contributed by atoms with Crippen molar-refractivity contribution in [2.24, 2.45) is 5.92 Å². The number of hydrogen-bond acceptors (Lipinski definition) is 7. The third kappa shape index (κ3) is 5.01. The van der Waals surface area contributed by atoms with Crippen molar-refractivity contribution in [3.63, 3.8) is 0 Å². The van der Waals surface area contributed by atoms with Crippen molar-refractivity contribution in [1.29, 1.82) is 0 Å². The molecular formula is C32H22ClN3O5S2. The van der Waals surface area contributed by atoms with Gasteiger partial charge in [0.2, 0.25) is 11.8 Å². The first kappa shape index (κ1) is 27.5. The zero-order chi connectivity index (χ0) is 29.7. The van der Waals surface area contributed by atoms with Crippen LogP contribution in [0.5, 0.6) is 5.75 Å². The Hall–Kier alpha value is -4.38. The van der Waals surface area contributed by atoms with Crippen LogP contribution in [-0.2, 0) is 14.4 Å². The second-order valence-electron chi connectivity index (χ2n) is 10.2. The smallest absolute Gasteiger partial charge is 0.305 e. The number of fused-ring (bicyclic) bond motifs is 3. The van der Waals surface area contributed by atoms with Gasteiger partial charge >= 0.3 is 4.87 Å². The predicted molar refractivity (Wildman–Crippen MR) is 168 cm³/mol. The topological polar surface area (TPSA) is 109 Å². The Morgan fingerprint density at radius 3 is 2.49 bits per heavy atom. The van der Waals surface area contributed by atoms with Crippen LogP contribution in [0, 0.1) is 5.92 Å². The first-order chi connectivity index (χ1) is 20.9. The Labute approximate surface area is 258 Å². The summed E-state index contributed by atoms with van der Waals surface area (Å²) in [6, 6.07) is 27.2. The normalized spacial score (nSPS) is 19.3. The number of halogens is 1.